The van der Waals surface area contributed by atoms with Crippen LogP contribution in [0.25, 0.3) is 0 Å². The lowest BCUT2D eigenvalue weighted by molar-refractivity contribution is -0.139. The summed E-state index contributed by atoms with van der Waals surface area (Å²) in [7, 11) is 0. The van der Waals surface area contributed by atoms with Gasteiger partial charge in [-0.15, -0.1) is 0 Å². The zero-order valence-corrected chi connectivity index (χ0v) is 7.68. The second-order valence-corrected chi connectivity index (χ2v) is 3.00. The maximum atomic E-state index is 13.0. The van der Waals surface area contributed by atoms with Crippen LogP contribution in [0.4, 0.5) is 17.6 Å². The van der Waals surface area contributed by atoms with Crippen LogP contribution in [0, 0.1) is 23.3 Å². The highest BCUT2D eigenvalue weighted by molar-refractivity contribution is 5.67. The van der Waals surface area contributed by atoms with Crippen LogP contribution in [-0.4, -0.2) is 16.2 Å². The molecule has 16 heavy (non-hydrogen) atoms. The predicted octanol–water partition coefficient (Wildman–Crippen LogP) is 1.75. The van der Waals surface area contributed by atoms with Gasteiger partial charge in [0.15, 0.2) is 23.3 Å². The number of carboxylic acid groups (broad SMARTS) is 1. The van der Waals surface area contributed by atoms with Crippen molar-refractivity contribution in [1.29, 1.82) is 0 Å². The van der Waals surface area contributed by atoms with E-state index in [-0.39, 0.29) is 6.07 Å². The molecule has 0 unspecified atom stereocenters. The van der Waals surface area contributed by atoms with Crippen LogP contribution < -0.4 is 0 Å². The summed E-state index contributed by atoms with van der Waals surface area (Å²) in [5.74, 6) is -9.08. The van der Waals surface area contributed by atoms with Gasteiger partial charge in [0, 0.05) is 5.56 Å². The lowest BCUT2D eigenvalue weighted by atomic mass is 10.1. The third-order valence-electron chi connectivity index (χ3n) is 1.86. The Morgan fingerprint density at radius 2 is 1.75 bits per heavy atom. The highest BCUT2D eigenvalue weighted by atomic mass is 19.2. The summed E-state index contributed by atoms with van der Waals surface area (Å²) in [4.78, 5) is 10.2. The van der Waals surface area contributed by atoms with Crippen molar-refractivity contribution in [2.45, 2.75) is 12.5 Å². The van der Waals surface area contributed by atoms with E-state index in [9.17, 15) is 22.4 Å². The fraction of sp³-hybridized carbons (Fsp3) is 0.222. The van der Waals surface area contributed by atoms with Gasteiger partial charge in [0.1, 0.15) is 0 Å². The summed E-state index contributed by atoms with van der Waals surface area (Å²) in [5.41, 5.74) is -0.932. The molecule has 0 saturated heterocycles. The summed E-state index contributed by atoms with van der Waals surface area (Å²) >= 11 is 0. The van der Waals surface area contributed by atoms with E-state index in [1.807, 2.05) is 0 Å². The number of carbonyl (C=O) groups is 1. The van der Waals surface area contributed by atoms with Crippen molar-refractivity contribution in [3.63, 3.8) is 0 Å². The molecule has 1 aromatic rings. The van der Waals surface area contributed by atoms with E-state index in [1.54, 1.807) is 0 Å². The Hall–Kier alpha value is -1.63. The van der Waals surface area contributed by atoms with E-state index < -0.39 is 47.3 Å². The predicted molar refractivity (Wildman–Crippen MR) is 43.5 cm³/mol. The van der Waals surface area contributed by atoms with E-state index in [1.165, 1.54) is 0 Å². The van der Waals surface area contributed by atoms with Crippen LogP contribution in [0.3, 0.4) is 0 Å². The largest absolute Gasteiger partial charge is 0.481 e. The van der Waals surface area contributed by atoms with Crippen LogP contribution >= 0.6 is 0 Å². The van der Waals surface area contributed by atoms with E-state index in [0.29, 0.717) is 0 Å². The van der Waals surface area contributed by atoms with E-state index in [0.717, 1.165) is 0 Å². The molecule has 0 fully saturated rings. The number of hydrogen-bond donors (Lipinski definition) is 2. The second-order valence-electron chi connectivity index (χ2n) is 3.00. The lowest BCUT2D eigenvalue weighted by Gasteiger charge is -2.10. The van der Waals surface area contributed by atoms with Gasteiger partial charge in [-0.3, -0.25) is 4.79 Å². The number of aliphatic carboxylic acids is 1. The molecular formula is C9H6F4O3. The van der Waals surface area contributed by atoms with Crippen LogP contribution in [0.1, 0.15) is 18.1 Å². The molecule has 1 atom stereocenters. The molecule has 0 heterocycles. The summed E-state index contributed by atoms with van der Waals surface area (Å²) in [5, 5.41) is 17.4. The summed E-state index contributed by atoms with van der Waals surface area (Å²) in [6, 6.07) is 0.224. The Kier molecular flexibility index (Phi) is 3.48. The third-order valence-corrected chi connectivity index (χ3v) is 1.86. The lowest BCUT2D eigenvalue weighted by Crippen LogP contribution is -2.10. The van der Waals surface area contributed by atoms with Crippen LogP contribution in [0.5, 0.6) is 0 Å². The maximum absolute atomic E-state index is 13.0. The SMILES string of the molecule is O=C(O)C[C@@H](O)c1cc(F)c(F)c(F)c1F. The molecular weight excluding hydrogens is 232 g/mol. The maximum Gasteiger partial charge on any atom is 0.306 e. The molecule has 0 aromatic heterocycles. The first-order valence-electron chi connectivity index (χ1n) is 4.07. The third kappa shape index (κ3) is 2.30. The van der Waals surface area contributed by atoms with Crippen molar-refractivity contribution in [2.24, 2.45) is 0 Å². The number of benzene rings is 1. The number of aliphatic hydroxyl groups excluding tert-OH is 1. The smallest absolute Gasteiger partial charge is 0.306 e. The molecule has 0 aliphatic rings. The number of rotatable bonds is 3. The molecule has 0 aliphatic heterocycles. The Morgan fingerprint density at radius 3 is 2.25 bits per heavy atom. The summed E-state index contributed by atoms with van der Waals surface area (Å²) in [6.45, 7) is 0. The van der Waals surface area contributed by atoms with Crippen molar-refractivity contribution in [3.05, 3.63) is 34.9 Å². The van der Waals surface area contributed by atoms with Crippen molar-refractivity contribution < 1.29 is 32.6 Å². The Balaban J connectivity index is 3.19. The quantitative estimate of drug-likeness (QED) is 0.479. The van der Waals surface area contributed by atoms with Gasteiger partial charge in [0.05, 0.1) is 12.5 Å². The molecule has 2 N–H and O–H groups in total. The Labute approximate surface area is 86.9 Å². The van der Waals surface area contributed by atoms with Crippen molar-refractivity contribution in [3.8, 4) is 0 Å². The summed E-state index contributed by atoms with van der Waals surface area (Å²) in [6.07, 6.45) is -2.89. The average molecular weight is 238 g/mol. The molecule has 1 aromatic carbocycles. The minimum atomic E-state index is -2.08. The van der Waals surface area contributed by atoms with Crippen LogP contribution in [0.15, 0.2) is 6.07 Å². The number of aliphatic hydroxyl groups is 1. The molecule has 0 aliphatic carbocycles. The van der Waals surface area contributed by atoms with Crippen LogP contribution in [0.2, 0.25) is 0 Å². The number of hydrogen-bond acceptors (Lipinski definition) is 2. The van der Waals surface area contributed by atoms with Crippen LogP contribution in [-0.2, 0) is 4.79 Å². The molecule has 0 saturated carbocycles. The number of carboxylic acids is 1. The van der Waals surface area contributed by atoms with Gasteiger partial charge in [-0.2, -0.15) is 0 Å². The van der Waals surface area contributed by atoms with Gasteiger partial charge in [0.2, 0.25) is 0 Å². The minimum Gasteiger partial charge on any atom is -0.481 e. The van der Waals surface area contributed by atoms with Crippen molar-refractivity contribution in [2.75, 3.05) is 0 Å². The van der Waals surface area contributed by atoms with Gasteiger partial charge in [-0.1, -0.05) is 0 Å². The zero-order chi connectivity index (χ0) is 12.5. The normalized spacial score (nSPS) is 12.6. The molecule has 88 valence electrons. The van der Waals surface area contributed by atoms with Gasteiger partial charge in [0.25, 0.3) is 0 Å². The molecule has 1 rings (SSSR count). The van der Waals surface area contributed by atoms with E-state index in [2.05, 4.69) is 0 Å². The second kappa shape index (κ2) is 4.48. The summed E-state index contributed by atoms with van der Waals surface area (Å²) < 4.78 is 50.9. The van der Waals surface area contributed by atoms with E-state index in [4.69, 9.17) is 10.2 Å². The van der Waals surface area contributed by atoms with Gasteiger partial charge >= 0.3 is 5.97 Å². The standard InChI is InChI=1S/C9H6F4O3/c10-4-1-3(5(14)2-6(15)16)7(11)9(13)8(4)12/h1,5,14H,2H2,(H,15,16)/t5-/m1/s1. The minimum absolute atomic E-state index is 0.224. The molecule has 3 nitrogen and oxygen atoms in total. The molecule has 0 bridgehead atoms. The van der Waals surface area contributed by atoms with Gasteiger partial charge in [-0.25, -0.2) is 17.6 Å². The van der Waals surface area contributed by atoms with E-state index >= 15 is 0 Å². The van der Waals surface area contributed by atoms with Crippen molar-refractivity contribution in [1.82, 2.24) is 0 Å². The number of halogens is 4. The first-order valence-corrected chi connectivity index (χ1v) is 4.07. The van der Waals surface area contributed by atoms with Gasteiger partial charge in [-0.05, 0) is 6.07 Å². The topological polar surface area (TPSA) is 57.5 Å². The van der Waals surface area contributed by atoms with Crippen molar-refractivity contribution >= 4 is 5.97 Å². The molecule has 0 amide bonds. The molecule has 0 radical (unpaired) electrons. The zero-order valence-electron chi connectivity index (χ0n) is 7.68. The fourth-order valence-corrected chi connectivity index (χ4v) is 1.11. The highest BCUT2D eigenvalue weighted by Crippen LogP contribution is 2.25. The molecule has 0 spiro atoms. The Bertz CT molecular complexity index is 433. The monoisotopic (exact) mass is 238 g/mol. The molecule has 7 heteroatoms. The van der Waals surface area contributed by atoms with Gasteiger partial charge < -0.3 is 10.2 Å². The average Bonchev–Trinajstić information content (AvgIpc) is 2.19. The Morgan fingerprint density at radius 1 is 1.19 bits per heavy atom. The first kappa shape index (κ1) is 12.4. The fourth-order valence-electron chi connectivity index (χ4n) is 1.11. The highest BCUT2D eigenvalue weighted by Gasteiger charge is 2.24. The first-order chi connectivity index (χ1) is 7.34.